The number of rotatable bonds is 2. The summed E-state index contributed by atoms with van der Waals surface area (Å²) in [5.41, 5.74) is 5.11. The maximum absolute atomic E-state index is 12.0. The van der Waals surface area contributed by atoms with Crippen LogP contribution >= 0.6 is 0 Å². The summed E-state index contributed by atoms with van der Waals surface area (Å²) in [5, 5.41) is 12.1. The number of alkyl halides is 3. The SMILES string of the molecule is NCC(O)c1cnn(C(F)(F)F)c1. The zero-order chi connectivity index (χ0) is 10.1. The second-order valence-corrected chi connectivity index (χ2v) is 2.44. The lowest BCUT2D eigenvalue weighted by Crippen LogP contribution is -2.17. The van der Waals surface area contributed by atoms with Gasteiger partial charge < -0.3 is 10.8 Å². The molecule has 0 fully saturated rings. The Labute approximate surface area is 71.8 Å². The normalized spacial score (nSPS) is 14.5. The summed E-state index contributed by atoms with van der Waals surface area (Å²) in [6.45, 7) is -0.135. The molecule has 1 unspecified atom stereocenters. The monoisotopic (exact) mass is 195 g/mol. The summed E-state index contributed by atoms with van der Waals surface area (Å²) in [7, 11) is 0. The summed E-state index contributed by atoms with van der Waals surface area (Å²) >= 11 is 0. The molecule has 1 aromatic rings. The Bertz CT molecular complexity index is 283. The number of nitrogens with two attached hydrogens (primary N) is 1. The van der Waals surface area contributed by atoms with Crippen molar-refractivity contribution in [2.75, 3.05) is 6.54 Å². The molecule has 0 aliphatic carbocycles. The van der Waals surface area contributed by atoms with Gasteiger partial charge in [0.05, 0.1) is 12.3 Å². The third-order valence-electron chi connectivity index (χ3n) is 1.47. The van der Waals surface area contributed by atoms with Gasteiger partial charge in [0, 0.05) is 18.3 Å². The Kier molecular flexibility index (Phi) is 2.58. The molecule has 0 radical (unpaired) electrons. The van der Waals surface area contributed by atoms with Gasteiger partial charge in [-0.25, -0.2) is 0 Å². The van der Waals surface area contributed by atoms with E-state index in [9.17, 15) is 13.2 Å². The van der Waals surface area contributed by atoms with Crippen LogP contribution in [0.25, 0.3) is 0 Å². The lowest BCUT2D eigenvalue weighted by molar-refractivity contribution is -0.212. The van der Waals surface area contributed by atoms with Gasteiger partial charge in [-0.2, -0.15) is 9.78 Å². The molecule has 3 N–H and O–H groups in total. The summed E-state index contributed by atoms with van der Waals surface area (Å²) in [5.74, 6) is 0. The molecule has 1 atom stereocenters. The summed E-state index contributed by atoms with van der Waals surface area (Å²) in [6.07, 6.45) is -4.01. The minimum atomic E-state index is -4.55. The van der Waals surface area contributed by atoms with Crippen LogP contribution in [-0.2, 0) is 6.30 Å². The number of aliphatic hydroxyl groups is 1. The van der Waals surface area contributed by atoms with Crippen molar-refractivity contribution < 1.29 is 18.3 Å². The van der Waals surface area contributed by atoms with Crippen LogP contribution < -0.4 is 5.73 Å². The number of hydrogen-bond acceptors (Lipinski definition) is 3. The fraction of sp³-hybridized carbons (Fsp3) is 0.500. The lowest BCUT2D eigenvalue weighted by Gasteiger charge is -2.05. The minimum absolute atomic E-state index is 0.0554. The fourth-order valence-corrected chi connectivity index (χ4v) is 0.784. The highest BCUT2D eigenvalue weighted by Gasteiger charge is 2.31. The van der Waals surface area contributed by atoms with Crippen LogP contribution in [0.4, 0.5) is 13.2 Å². The van der Waals surface area contributed by atoms with Gasteiger partial charge in [0.2, 0.25) is 0 Å². The molecule has 0 aromatic carbocycles. The Balaban J connectivity index is 2.87. The smallest absolute Gasteiger partial charge is 0.387 e. The van der Waals surface area contributed by atoms with Crippen LogP contribution in [0.15, 0.2) is 12.4 Å². The van der Waals surface area contributed by atoms with E-state index in [1.54, 1.807) is 0 Å². The van der Waals surface area contributed by atoms with Gasteiger partial charge in [0.25, 0.3) is 0 Å². The fourth-order valence-electron chi connectivity index (χ4n) is 0.784. The van der Waals surface area contributed by atoms with Gasteiger partial charge in [0.15, 0.2) is 0 Å². The molecule has 1 aromatic heterocycles. The van der Waals surface area contributed by atoms with Gasteiger partial charge >= 0.3 is 6.30 Å². The van der Waals surface area contributed by atoms with Crippen LogP contribution in [0, 0.1) is 0 Å². The van der Waals surface area contributed by atoms with E-state index in [2.05, 4.69) is 5.10 Å². The molecule has 0 spiro atoms. The molecule has 0 bridgehead atoms. The lowest BCUT2D eigenvalue weighted by atomic mass is 10.2. The first-order chi connectivity index (χ1) is 5.95. The van der Waals surface area contributed by atoms with E-state index in [4.69, 9.17) is 10.8 Å². The average molecular weight is 195 g/mol. The third-order valence-corrected chi connectivity index (χ3v) is 1.47. The predicted molar refractivity (Wildman–Crippen MR) is 37.5 cm³/mol. The van der Waals surface area contributed by atoms with Crippen molar-refractivity contribution in [3.8, 4) is 0 Å². The van der Waals surface area contributed by atoms with Gasteiger partial charge in [0.1, 0.15) is 0 Å². The standard InChI is InChI=1S/C6H8F3N3O/c7-6(8,9)12-3-4(2-11-12)5(13)1-10/h2-3,5,13H,1,10H2. The molecule has 4 nitrogen and oxygen atoms in total. The molecule has 1 rings (SSSR count). The number of nitrogens with zero attached hydrogens (tertiary/aromatic N) is 2. The van der Waals surface area contributed by atoms with Crippen molar-refractivity contribution in [3.05, 3.63) is 18.0 Å². The Hall–Kier alpha value is -1.08. The molecule has 0 amide bonds. The van der Waals surface area contributed by atoms with Crippen LogP contribution in [-0.4, -0.2) is 21.4 Å². The van der Waals surface area contributed by atoms with Crippen molar-refractivity contribution in [2.24, 2.45) is 5.73 Å². The van der Waals surface area contributed by atoms with Gasteiger partial charge in [-0.15, -0.1) is 13.2 Å². The first-order valence-corrected chi connectivity index (χ1v) is 3.45. The van der Waals surface area contributed by atoms with Crippen LogP contribution in [0.2, 0.25) is 0 Å². The van der Waals surface area contributed by atoms with Crippen molar-refractivity contribution in [1.29, 1.82) is 0 Å². The number of hydrogen-bond donors (Lipinski definition) is 2. The number of halogens is 3. The van der Waals surface area contributed by atoms with Crippen LogP contribution in [0.5, 0.6) is 0 Å². The highest BCUT2D eigenvalue weighted by molar-refractivity contribution is 5.08. The predicted octanol–water partition coefficient (Wildman–Crippen LogP) is 0.351. The Morgan fingerprint density at radius 3 is 2.62 bits per heavy atom. The zero-order valence-corrected chi connectivity index (χ0v) is 6.49. The summed E-state index contributed by atoms with van der Waals surface area (Å²) in [6, 6.07) is 0. The molecule has 74 valence electrons. The maximum Gasteiger partial charge on any atom is 0.504 e. The van der Waals surface area contributed by atoms with E-state index < -0.39 is 12.4 Å². The molecule has 0 aliphatic rings. The van der Waals surface area contributed by atoms with Gasteiger partial charge in [-0.3, -0.25) is 0 Å². The average Bonchev–Trinajstić information content (AvgIpc) is 2.50. The zero-order valence-electron chi connectivity index (χ0n) is 6.49. The van der Waals surface area contributed by atoms with E-state index in [1.165, 1.54) is 0 Å². The number of aliphatic hydroxyl groups excluding tert-OH is 1. The van der Waals surface area contributed by atoms with E-state index in [0.29, 0.717) is 6.20 Å². The van der Waals surface area contributed by atoms with Crippen LogP contribution in [0.1, 0.15) is 11.7 Å². The Morgan fingerprint density at radius 1 is 1.62 bits per heavy atom. The Morgan fingerprint density at radius 2 is 2.23 bits per heavy atom. The van der Waals surface area contributed by atoms with Crippen molar-refractivity contribution >= 4 is 0 Å². The van der Waals surface area contributed by atoms with Gasteiger partial charge in [-0.1, -0.05) is 0 Å². The van der Waals surface area contributed by atoms with Crippen molar-refractivity contribution in [3.63, 3.8) is 0 Å². The van der Waals surface area contributed by atoms with E-state index >= 15 is 0 Å². The molecule has 0 aliphatic heterocycles. The highest BCUT2D eigenvalue weighted by atomic mass is 19.4. The molecular weight excluding hydrogens is 187 g/mol. The van der Waals surface area contributed by atoms with E-state index in [-0.39, 0.29) is 16.8 Å². The van der Waals surface area contributed by atoms with Crippen molar-refractivity contribution in [1.82, 2.24) is 9.78 Å². The largest absolute Gasteiger partial charge is 0.504 e. The molecule has 0 saturated carbocycles. The highest BCUT2D eigenvalue weighted by Crippen LogP contribution is 2.22. The van der Waals surface area contributed by atoms with E-state index in [0.717, 1.165) is 6.20 Å². The first-order valence-electron chi connectivity index (χ1n) is 3.45. The second kappa shape index (κ2) is 3.35. The molecule has 1 heterocycles. The van der Waals surface area contributed by atoms with Gasteiger partial charge in [-0.05, 0) is 0 Å². The molecular formula is C6H8F3N3O. The molecule has 0 saturated heterocycles. The summed E-state index contributed by atoms with van der Waals surface area (Å²) < 4.78 is 35.7. The third kappa shape index (κ3) is 2.19. The quantitative estimate of drug-likeness (QED) is 0.715. The molecule has 7 heteroatoms. The summed E-state index contributed by atoms with van der Waals surface area (Å²) in [4.78, 5) is 0. The van der Waals surface area contributed by atoms with Crippen LogP contribution in [0.3, 0.4) is 0 Å². The van der Waals surface area contributed by atoms with Crippen molar-refractivity contribution in [2.45, 2.75) is 12.4 Å². The number of aromatic nitrogens is 2. The minimum Gasteiger partial charge on any atom is -0.387 e. The topological polar surface area (TPSA) is 64.1 Å². The maximum atomic E-state index is 12.0. The van der Waals surface area contributed by atoms with E-state index in [1.807, 2.05) is 0 Å². The molecule has 13 heavy (non-hydrogen) atoms. The second-order valence-electron chi connectivity index (χ2n) is 2.44. The first kappa shape index (κ1) is 10.0.